The van der Waals surface area contributed by atoms with Crippen molar-refractivity contribution in [1.82, 2.24) is 4.98 Å². The summed E-state index contributed by atoms with van der Waals surface area (Å²) in [6.07, 6.45) is 0. The van der Waals surface area contributed by atoms with Gasteiger partial charge in [-0.2, -0.15) is 0 Å². The molecule has 1 aromatic heterocycles. The van der Waals surface area contributed by atoms with Crippen LogP contribution in [0.5, 0.6) is 0 Å². The van der Waals surface area contributed by atoms with Crippen molar-refractivity contribution in [3.05, 3.63) is 52.3 Å². The Morgan fingerprint density at radius 3 is 2.78 bits per heavy atom. The van der Waals surface area contributed by atoms with Crippen molar-refractivity contribution in [2.24, 2.45) is 0 Å². The first-order valence-corrected chi connectivity index (χ1v) is 6.26. The van der Waals surface area contributed by atoms with Gasteiger partial charge in [0.15, 0.2) is 5.58 Å². The molecule has 0 unspecified atom stereocenters. The van der Waals surface area contributed by atoms with E-state index in [1.54, 1.807) is 18.2 Å². The largest absolute Gasteiger partial charge is 0.436 e. The maximum atomic E-state index is 13.7. The molecule has 18 heavy (non-hydrogen) atoms. The normalized spacial score (nSPS) is 11.1. The first-order chi connectivity index (χ1) is 8.65. The van der Waals surface area contributed by atoms with Gasteiger partial charge in [0.05, 0.1) is 5.56 Å². The number of aryl methyl sites for hydroxylation is 1. The lowest BCUT2D eigenvalue weighted by atomic mass is 10.2. The van der Waals surface area contributed by atoms with Crippen LogP contribution in [0.25, 0.3) is 22.6 Å². The molecule has 0 aliphatic rings. The zero-order valence-electron chi connectivity index (χ0n) is 9.58. The zero-order chi connectivity index (χ0) is 12.7. The third-order valence-electron chi connectivity index (χ3n) is 2.77. The SMILES string of the molecule is Cc1cc2nc(-c3ccccc3F)oc2cc1Br. The summed E-state index contributed by atoms with van der Waals surface area (Å²) in [7, 11) is 0. The molecule has 0 fully saturated rings. The van der Waals surface area contributed by atoms with Crippen molar-refractivity contribution < 1.29 is 8.81 Å². The van der Waals surface area contributed by atoms with Crippen LogP contribution >= 0.6 is 15.9 Å². The van der Waals surface area contributed by atoms with E-state index in [4.69, 9.17) is 4.42 Å². The summed E-state index contributed by atoms with van der Waals surface area (Å²) >= 11 is 3.43. The summed E-state index contributed by atoms with van der Waals surface area (Å²) in [4.78, 5) is 4.32. The number of aromatic nitrogens is 1. The van der Waals surface area contributed by atoms with E-state index in [-0.39, 0.29) is 5.82 Å². The van der Waals surface area contributed by atoms with Crippen molar-refractivity contribution in [2.75, 3.05) is 0 Å². The molecule has 0 bridgehead atoms. The second-order valence-corrected chi connectivity index (χ2v) is 4.92. The van der Waals surface area contributed by atoms with Crippen LogP contribution in [-0.4, -0.2) is 4.98 Å². The summed E-state index contributed by atoms with van der Waals surface area (Å²) in [5, 5.41) is 0. The fourth-order valence-corrected chi connectivity index (χ4v) is 2.13. The highest BCUT2D eigenvalue weighted by molar-refractivity contribution is 9.10. The van der Waals surface area contributed by atoms with Gasteiger partial charge in [-0.3, -0.25) is 0 Å². The maximum Gasteiger partial charge on any atom is 0.230 e. The van der Waals surface area contributed by atoms with E-state index < -0.39 is 0 Å². The van der Waals surface area contributed by atoms with Crippen molar-refractivity contribution in [3.63, 3.8) is 0 Å². The second-order valence-electron chi connectivity index (χ2n) is 4.07. The molecule has 2 nitrogen and oxygen atoms in total. The van der Waals surface area contributed by atoms with Gasteiger partial charge in [0, 0.05) is 4.47 Å². The summed E-state index contributed by atoms with van der Waals surface area (Å²) in [6, 6.07) is 10.2. The number of nitrogens with zero attached hydrogens (tertiary/aromatic N) is 1. The minimum atomic E-state index is -0.333. The van der Waals surface area contributed by atoms with Crippen molar-refractivity contribution in [3.8, 4) is 11.5 Å². The van der Waals surface area contributed by atoms with Gasteiger partial charge >= 0.3 is 0 Å². The van der Waals surface area contributed by atoms with E-state index in [2.05, 4.69) is 20.9 Å². The Kier molecular flexibility index (Phi) is 2.67. The lowest BCUT2D eigenvalue weighted by molar-refractivity contribution is 0.593. The van der Waals surface area contributed by atoms with E-state index in [1.807, 2.05) is 19.1 Å². The summed E-state index contributed by atoms with van der Waals surface area (Å²) in [5.41, 5.74) is 2.82. The highest BCUT2D eigenvalue weighted by Crippen LogP contribution is 2.29. The number of hydrogen-bond donors (Lipinski definition) is 0. The molecule has 0 aliphatic carbocycles. The average molecular weight is 306 g/mol. The third kappa shape index (κ3) is 1.82. The molecule has 0 radical (unpaired) electrons. The highest BCUT2D eigenvalue weighted by atomic mass is 79.9. The Morgan fingerprint density at radius 1 is 1.22 bits per heavy atom. The van der Waals surface area contributed by atoms with Crippen molar-refractivity contribution in [1.29, 1.82) is 0 Å². The standard InChI is InChI=1S/C14H9BrFNO/c1-8-6-12-13(7-10(8)15)18-14(17-12)9-4-2-3-5-11(9)16/h2-7H,1H3. The number of hydrogen-bond acceptors (Lipinski definition) is 2. The molecule has 4 heteroatoms. The molecule has 3 rings (SSSR count). The van der Waals surface area contributed by atoms with Crippen LogP contribution in [0.3, 0.4) is 0 Å². The van der Waals surface area contributed by atoms with Crippen molar-refractivity contribution in [2.45, 2.75) is 6.92 Å². The molecular formula is C14H9BrFNO. The Labute approximate surface area is 112 Å². The van der Waals surface area contributed by atoms with E-state index in [1.165, 1.54) is 6.07 Å². The first-order valence-electron chi connectivity index (χ1n) is 5.47. The average Bonchev–Trinajstić information content (AvgIpc) is 2.73. The number of rotatable bonds is 1. The third-order valence-corrected chi connectivity index (χ3v) is 3.63. The van der Waals surface area contributed by atoms with Crippen LogP contribution in [0.1, 0.15) is 5.56 Å². The minimum absolute atomic E-state index is 0.306. The van der Waals surface area contributed by atoms with Gasteiger partial charge in [0.1, 0.15) is 11.3 Å². The van der Waals surface area contributed by atoms with Crippen LogP contribution in [0.15, 0.2) is 45.3 Å². The Hall–Kier alpha value is -1.68. The lowest BCUT2D eigenvalue weighted by Crippen LogP contribution is -1.82. The zero-order valence-corrected chi connectivity index (χ0v) is 11.2. The predicted molar refractivity (Wildman–Crippen MR) is 71.8 cm³/mol. The molecular weight excluding hydrogens is 297 g/mol. The highest BCUT2D eigenvalue weighted by Gasteiger charge is 2.12. The molecule has 0 saturated heterocycles. The lowest BCUT2D eigenvalue weighted by Gasteiger charge is -1.95. The molecule has 0 atom stereocenters. The molecule has 0 spiro atoms. The Morgan fingerprint density at radius 2 is 2.00 bits per heavy atom. The summed E-state index contributed by atoms with van der Waals surface area (Å²) < 4.78 is 20.2. The second kappa shape index (κ2) is 4.21. The maximum absolute atomic E-state index is 13.7. The topological polar surface area (TPSA) is 26.0 Å². The first kappa shape index (κ1) is 11.4. The monoisotopic (exact) mass is 305 g/mol. The van der Waals surface area contributed by atoms with Crippen LogP contribution < -0.4 is 0 Å². The molecule has 0 aliphatic heterocycles. The van der Waals surface area contributed by atoms with E-state index in [9.17, 15) is 4.39 Å². The fraction of sp³-hybridized carbons (Fsp3) is 0.0714. The fourth-order valence-electron chi connectivity index (χ4n) is 1.80. The minimum Gasteiger partial charge on any atom is -0.436 e. The van der Waals surface area contributed by atoms with Gasteiger partial charge in [-0.1, -0.05) is 28.1 Å². The predicted octanol–water partition coefficient (Wildman–Crippen LogP) is 4.70. The van der Waals surface area contributed by atoms with E-state index in [0.717, 1.165) is 15.6 Å². The van der Waals surface area contributed by atoms with Gasteiger partial charge < -0.3 is 4.42 Å². The molecule has 0 saturated carbocycles. The van der Waals surface area contributed by atoms with Gasteiger partial charge in [-0.05, 0) is 36.8 Å². The molecule has 90 valence electrons. The Balaban J connectivity index is 2.23. The number of benzene rings is 2. The van der Waals surface area contributed by atoms with Crippen LogP contribution in [0, 0.1) is 12.7 Å². The van der Waals surface area contributed by atoms with Gasteiger partial charge in [-0.25, -0.2) is 9.37 Å². The number of fused-ring (bicyclic) bond motifs is 1. The molecule has 0 N–H and O–H groups in total. The number of halogens is 2. The van der Waals surface area contributed by atoms with Gasteiger partial charge in [-0.15, -0.1) is 0 Å². The van der Waals surface area contributed by atoms with E-state index in [0.29, 0.717) is 17.0 Å². The summed E-state index contributed by atoms with van der Waals surface area (Å²) in [5.74, 6) is -0.0274. The van der Waals surface area contributed by atoms with Crippen LogP contribution in [0.4, 0.5) is 4.39 Å². The quantitative estimate of drug-likeness (QED) is 0.651. The van der Waals surface area contributed by atoms with Crippen molar-refractivity contribution >= 4 is 27.0 Å². The van der Waals surface area contributed by atoms with Gasteiger partial charge in [0.25, 0.3) is 0 Å². The van der Waals surface area contributed by atoms with E-state index >= 15 is 0 Å². The molecule has 2 aromatic carbocycles. The molecule has 3 aromatic rings. The molecule has 1 heterocycles. The van der Waals surface area contributed by atoms with Gasteiger partial charge in [0.2, 0.25) is 5.89 Å². The number of oxazole rings is 1. The Bertz CT molecular complexity index is 697. The van der Waals surface area contributed by atoms with Crippen LogP contribution in [-0.2, 0) is 0 Å². The smallest absolute Gasteiger partial charge is 0.230 e. The summed E-state index contributed by atoms with van der Waals surface area (Å²) in [6.45, 7) is 1.97. The molecule has 0 amide bonds. The van der Waals surface area contributed by atoms with Crippen LogP contribution in [0.2, 0.25) is 0 Å².